The maximum atomic E-state index is 8.64. The molecule has 1 aromatic rings. The van der Waals surface area contributed by atoms with Gasteiger partial charge in [-0.25, -0.2) is 0 Å². The van der Waals surface area contributed by atoms with Gasteiger partial charge in [0.25, 0.3) is 0 Å². The number of anilines is 1. The van der Waals surface area contributed by atoms with E-state index in [1.807, 2.05) is 24.3 Å². The van der Waals surface area contributed by atoms with Gasteiger partial charge in [0.1, 0.15) is 5.75 Å². The van der Waals surface area contributed by atoms with Crippen LogP contribution in [0.15, 0.2) is 24.3 Å². The third-order valence-corrected chi connectivity index (χ3v) is 2.95. The Balaban J connectivity index is 2.26. The molecule has 0 heterocycles. The molecule has 0 bridgehead atoms. The third kappa shape index (κ3) is 6.41. The maximum absolute atomic E-state index is 8.64. The number of nitrogens with two attached hydrogens (primary N) is 1. The van der Waals surface area contributed by atoms with E-state index in [1.165, 1.54) is 0 Å². The first-order valence-electron chi connectivity index (χ1n) is 6.83. The smallest absolute Gasteiger partial charge is 0.142 e. The summed E-state index contributed by atoms with van der Waals surface area (Å²) in [4.78, 5) is 2.21. The fourth-order valence-electron chi connectivity index (χ4n) is 1.85. The third-order valence-electron chi connectivity index (χ3n) is 2.95. The molecular weight excluding hydrogens is 254 g/mol. The summed E-state index contributed by atoms with van der Waals surface area (Å²) in [5.41, 5.74) is 6.47. The molecule has 5 nitrogen and oxygen atoms in total. The van der Waals surface area contributed by atoms with Gasteiger partial charge in [-0.3, -0.25) is 4.90 Å². The van der Waals surface area contributed by atoms with Crippen LogP contribution in [0.3, 0.4) is 0 Å². The fraction of sp³-hybridized carbons (Fsp3) is 0.533. The Morgan fingerprint density at radius 1 is 1.20 bits per heavy atom. The molecule has 0 saturated carbocycles. The Morgan fingerprint density at radius 2 is 2.00 bits per heavy atom. The van der Waals surface area contributed by atoms with Crippen LogP contribution in [0, 0.1) is 11.3 Å². The number of hydrogen-bond acceptors (Lipinski definition) is 5. The van der Waals surface area contributed by atoms with Crippen LogP contribution in [0.1, 0.15) is 12.8 Å². The zero-order valence-electron chi connectivity index (χ0n) is 12.0. The SMILES string of the molecule is COCCN(CCC#N)CCCOc1ccccc1N. The summed E-state index contributed by atoms with van der Waals surface area (Å²) in [5.74, 6) is 0.730. The lowest BCUT2D eigenvalue weighted by molar-refractivity contribution is 0.144. The lowest BCUT2D eigenvalue weighted by Crippen LogP contribution is -2.30. The highest BCUT2D eigenvalue weighted by atomic mass is 16.5. The molecule has 110 valence electrons. The highest BCUT2D eigenvalue weighted by Crippen LogP contribution is 2.19. The van der Waals surface area contributed by atoms with E-state index in [1.54, 1.807) is 7.11 Å². The van der Waals surface area contributed by atoms with Crippen molar-refractivity contribution in [3.63, 3.8) is 0 Å². The Bertz CT molecular complexity index is 418. The molecule has 0 unspecified atom stereocenters. The fourth-order valence-corrected chi connectivity index (χ4v) is 1.85. The number of para-hydroxylation sites is 2. The van der Waals surface area contributed by atoms with Gasteiger partial charge in [-0.2, -0.15) is 5.26 Å². The van der Waals surface area contributed by atoms with Crippen LogP contribution in [0.4, 0.5) is 5.69 Å². The van der Waals surface area contributed by atoms with Gasteiger partial charge in [-0.1, -0.05) is 12.1 Å². The maximum Gasteiger partial charge on any atom is 0.142 e. The van der Waals surface area contributed by atoms with Gasteiger partial charge in [-0.15, -0.1) is 0 Å². The minimum absolute atomic E-state index is 0.538. The number of ether oxygens (including phenoxy) is 2. The van der Waals surface area contributed by atoms with Crippen molar-refractivity contribution in [3.05, 3.63) is 24.3 Å². The van der Waals surface area contributed by atoms with E-state index in [2.05, 4.69) is 11.0 Å². The Morgan fingerprint density at radius 3 is 2.70 bits per heavy atom. The van der Waals surface area contributed by atoms with E-state index in [-0.39, 0.29) is 0 Å². The summed E-state index contributed by atoms with van der Waals surface area (Å²) in [6, 6.07) is 9.66. The number of nitrogens with zero attached hydrogens (tertiary/aromatic N) is 2. The van der Waals surface area contributed by atoms with Gasteiger partial charge < -0.3 is 15.2 Å². The topological polar surface area (TPSA) is 71.5 Å². The molecule has 1 rings (SSSR count). The number of benzene rings is 1. The highest BCUT2D eigenvalue weighted by Gasteiger charge is 2.05. The largest absolute Gasteiger partial charge is 0.491 e. The molecule has 5 heteroatoms. The van der Waals surface area contributed by atoms with E-state index >= 15 is 0 Å². The van der Waals surface area contributed by atoms with Crippen LogP contribution in [0.25, 0.3) is 0 Å². The second-order valence-corrected chi connectivity index (χ2v) is 4.48. The molecule has 20 heavy (non-hydrogen) atoms. The van der Waals surface area contributed by atoms with Crippen molar-refractivity contribution in [2.24, 2.45) is 0 Å². The van der Waals surface area contributed by atoms with Gasteiger partial charge in [0.05, 0.1) is 25.0 Å². The van der Waals surface area contributed by atoms with Crippen LogP contribution in [-0.4, -0.2) is 44.9 Å². The van der Waals surface area contributed by atoms with Crippen LogP contribution in [0.2, 0.25) is 0 Å². The first-order chi connectivity index (χ1) is 9.77. The van der Waals surface area contributed by atoms with Crippen molar-refractivity contribution in [3.8, 4) is 11.8 Å². The molecule has 0 aliphatic rings. The standard InChI is InChI=1S/C15H23N3O2/c1-19-13-11-18(9-4-8-16)10-5-12-20-15-7-3-2-6-14(15)17/h2-3,6-7H,4-5,9-13,17H2,1H3. The van der Waals surface area contributed by atoms with Crippen LogP contribution < -0.4 is 10.5 Å². The van der Waals surface area contributed by atoms with E-state index < -0.39 is 0 Å². The van der Waals surface area contributed by atoms with Crippen molar-refractivity contribution >= 4 is 5.69 Å². The van der Waals surface area contributed by atoms with Gasteiger partial charge >= 0.3 is 0 Å². The lowest BCUT2D eigenvalue weighted by Gasteiger charge is -2.20. The first kappa shape index (κ1) is 16.3. The summed E-state index contributed by atoms with van der Waals surface area (Å²) in [6.07, 6.45) is 1.43. The predicted molar refractivity (Wildman–Crippen MR) is 79.5 cm³/mol. The van der Waals surface area contributed by atoms with Gasteiger partial charge in [0, 0.05) is 33.2 Å². The molecular formula is C15H23N3O2. The van der Waals surface area contributed by atoms with Crippen LogP contribution >= 0.6 is 0 Å². The highest BCUT2D eigenvalue weighted by molar-refractivity contribution is 5.51. The summed E-state index contributed by atoms with van der Waals surface area (Å²) in [7, 11) is 1.68. The molecule has 0 saturated heterocycles. The van der Waals surface area contributed by atoms with E-state index in [0.717, 1.165) is 31.8 Å². The predicted octanol–water partition coefficient (Wildman–Crippen LogP) is 1.90. The monoisotopic (exact) mass is 277 g/mol. The zero-order valence-corrected chi connectivity index (χ0v) is 12.0. The Kier molecular flexibility index (Phi) is 8.20. The molecule has 2 N–H and O–H groups in total. The number of hydrogen-bond donors (Lipinski definition) is 1. The van der Waals surface area contributed by atoms with Crippen molar-refractivity contribution in [1.29, 1.82) is 5.26 Å². The van der Waals surface area contributed by atoms with E-state index in [4.69, 9.17) is 20.5 Å². The molecule has 0 radical (unpaired) electrons. The molecule has 0 aromatic heterocycles. The Labute approximate surface area is 120 Å². The van der Waals surface area contributed by atoms with Crippen molar-refractivity contribution < 1.29 is 9.47 Å². The molecule has 0 aliphatic heterocycles. The molecule has 1 aromatic carbocycles. The molecule has 0 aliphatic carbocycles. The van der Waals surface area contributed by atoms with Crippen LogP contribution in [0.5, 0.6) is 5.75 Å². The number of nitrogen functional groups attached to an aromatic ring is 1. The molecule has 0 atom stereocenters. The average molecular weight is 277 g/mol. The zero-order chi connectivity index (χ0) is 14.6. The van der Waals surface area contributed by atoms with Gasteiger partial charge in [-0.05, 0) is 18.6 Å². The Hall–Kier alpha value is -1.77. The van der Waals surface area contributed by atoms with E-state index in [0.29, 0.717) is 25.3 Å². The quantitative estimate of drug-likeness (QED) is 0.522. The van der Waals surface area contributed by atoms with Crippen molar-refractivity contribution in [1.82, 2.24) is 4.90 Å². The normalized spacial score (nSPS) is 10.4. The molecule has 0 fully saturated rings. The summed E-state index contributed by atoms with van der Waals surface area (Å²) >= 11 is 0. The van der Waals surface area contributed by atoms with Gasteiger partial charge in [0.15, 0.2) is 0 Å². The van der Waals surface area contributed by atoms with Crippen LogP contribution in [-0.2, 0) is 4.74 Å². The summed E-state index contributed by atoms with van der Waals surface area (Å²) in [5, 5.41) is 8.64. The lowest BCUT2D eigenvalue weighted by atomic mass is 10.3. The first-order valence-corrected chi connectivity index (χ1v) is 6.83. The number of nitriles is 1. The molecule has 0 spiro atoms. The van der Waals surface area contributed by atoms with Crippen molar-refractivity contribution in [2.75, 3.05) is 45.7 Å². The summed E-state index contributed by atoms with van der Waals surface area (Å²) < 4.78 is 10.7. The number of methoxy groups -OCH3 is 1. The minimum atomic E-state index is 0.538. The molecule has 0 amide bonds. The van der Waals surface area contributed by atoms with E-state index in [9.17, 15) is 0 Å². The second-order valence-electron chi connectivity index (χ2n) is 4.48. The minimum Gasteiger partial charge on any atom is -0.491 e. The average Bonchev–Trinajstić information content (AvgIpc) is 2.47. The van der Waals surface area contributed by atoms with Crippen molar-refractivity contribution in [2.45, 2.75) is 12.8 Å². The number of rotatable bonds is 10. The summed E-state index contributed by atoms with van der Waals surface area (Å²) in [6.45, 7) is 3.79. The van der Waals surface area contributed by atoms with Gasteiger partial charge in [0.2, 0.25) is 0 Å². The second kappa shape index (κ2) is 10.1.